The van der Waals surface area contributed by atoms with Crippen LogP contribution < -0.4 is 5.32 Å². The summed E-state index contributed by atoms with van der Waals surface area (Å²) < 4.78 is 35.8. The molecule has 100 valence electrons. The summed E-state index contributed by atoms with van der Waals surface area (Å²) in [6.45, 7) is 2.75. The highest BCUT2D eigenvalue weighted by Crippen LogP contribution is 2.29. The summed E-state index contributed by atoms with van der Waals surface area (Å²) in [7, 11) is 0. The summed E-state index contributed by atoms with van der Waals surface area (Å²) in [4.78, 5) is 12.8. The standard InChI is InChI=1S/C10H17F3N2O2/c1-9(2)6-15(4-3-7(9)16)8(17)14-5-10(11,12)13/h7,16H,3-6H2,1-2H3,(H,14,17). The first kappa shape index (κ1) is 14.1. The van der Waals surface area contributed by atoms with Crippen molar-refractivity contribution in [2.45, 2.75) is 32.5 Å². The Morgan fingerprint density at radius 1 is 1.53 bits per heavy atom. The second-order valence-electron chi connectivity index (χ2n) is 4.99. The minimum atomic E-state index is -4.40. The molecule has 0 spiro atoms. The third-order valence-electron chi connectivity index (χ3n) is 2.90. The van der Waals surface area contributed by atoms with Crippen LogP contribution in [0.4, 0.5) is 18.0 Å². The van der Waals surface area contributed by atoms with Crippen molar-refractivity contribution in [3.8, 4) is 0 Å². The molecule has 2 amide bonds. The van der Waals surface area contributed by atoms with E-state index in [2.05, 4.69) is 0 Å². The maximum atomic E-state index is 11.9. The number of aliphatic hydroxyl groups is 1. The fourth-order valence-corrected chi connectivity index (χ4v) is 1.81. The van der Waals surface area contributed by atoms with Crippen LogP contribution in [0, 0.1) is 5.41 Å². The van der Waals surface area contributed by atoms with E-state index in [9.17, 15) is 23.1 Å². The predicted molar refractivity (Wildman–Crippen MR) is 55.4 cm³/mol. The highest BCUT2D eigenvalue weighted by Gasteiger charge is 2.37. The molecule has 0 aromatic rings. The van der Waals surface area contributed by atoms with Crippen LogP contribution in [-0.2, 0) is 0 Å². The quantitative estimate of drug-likeness (QED) is 0.742. The highest BCUT2D eigenvalue weighted by molar-refractivity contribution is 5.74. The number of nitrogens with one attached hydrogen (secondary N) is 1. The zero-order valence-corrected chi connectivity index (χ0v) is 9.84. The number of rotatable bonds is 1. The average molecular weight is 254 g/mol. The van der Waals surface area contributed by atoms with Gasteiger partial charge >= 0.3 is 12.2 Å². The lowest BCUT2D eigenvalue weighted by atomic mass is 9.81. The van der Waals surface area contributed by atoms with E-state index in [0.29, 0.717) is 6.42 Å². The second-order valence-corrected chi connectivity index (χ2v) is 4.99. The van der Waals surface area contributed by atoms with Gasteiger partial charge in [0.15, 0.2) is 0 Å². The third-order valence-corrected chi connectivity index (χ3v) is 2.90. The number of carbonyl (C=O) groups is 1. The molecule has 1 aliphatic rings. The molecule has 7 heteroatoms. The molecule has 0 aromatic heterocycles. The van der Waals surface area contributed by atoms with Crippen LogP contribution in [0.3, 0.4) is 0 Å². The number of hydrogen-bond donors (Lipinski definition) is 2. The van der Waals surface area contributed by atoms with Gasteiger partial charge in [0.05, 0.1) is 6.10 Å². The van der Waals surface area contributed by atoms with Gasteiger partial charge in [-0.2, -0.15) is 13.2 Å². The first-order chi connectivity index (χ1) is 7.62. The maximum absolute atomic E-state index is 11.9. The molecule has 0 bridgehead atoms. The van der Waals surface area contributed by atoms with Gasteiger partial charge in [0, 0.05) is 18.5 Å². The number of piperidine rings is 1. The molecular formula is C10H17F3N2O2. The van der Waals surface area contributed by atoms with Crippen molar-refractivity contribution in [2.75, 3.05) is 19.6 Å². The molecule has 1 rings (SSSR count). The minimum Gasteiger partial charge on any atom is -0.392 e. The number of halogens is 3. The van der Waals surface area contributed by atoms with Crippen LogP contribution in [0.1, 0.15) is 20.3 Å². The number of nitrogens with zero attached hydrogens (tertiary/aromatic N) is 1. The molecule has 1 aliphatic heterocycles. The van der Waals surface area contributed by atoms with Gasteiger partial charge in [0.2, 0.25) is 0 Å². The Bertz CT molecular complexity index is 292. The minimum absolute atomic E-state index is 0.248. The molecule has 0 saturated carbocycles. The number of aliphatic hydroxyl groups excluding tert-OH is 1. The van der Waals surface area contributed by atoms with Gasteiger partial charge < -0.3 is 15.3 Å². The normalized spacial score (nSPS) is 24.6. The molecule has 0 aromatic carbocycles. The van der Waals surface area contributed by atoms with Gasteiger partial charge in [-0.1, -0.05) is 13.8 Å². The molecule has 1 atom stereocenters. The summed E-state index contributed by atoms with van der Waals surface area (Å²) >= 11 is 0. The fourth-order valence-electron chi connectivity index (χ4n) is 1.81. The fraction of sp³-hybridized carbons (Fsp3) is 0.900. The second kappa shape index (κ2) is 4.72. The Balaban J connectivity index is 2.49. The predicted octanol–water partition coefficient (Wildman–Crippen LogP) is 1.35. The number of hydrogen-bond acceptors (Lipinski definition) is 2. The Labute approximate surface area is 97.8 Å². The first-order valence-electron chi connectivity index (χ1n) is 5.39. The Kier molecular flexibility index (Phi) is 3.91. The van der Waals surface area contributed by atoms with Gasteiger partial charge in [-0.15, -0.1) is 0 Å². The molecular weight excluding hydrogens is 237 g/mol. The molecule has 0 radical (unpaired) electrons. The molecule has 0 aliphatic carbocycles. The summed E-state index contributed by atoms with van der Waals surface area (Å²) in [5, 5.41) is 11.5. The van der Waals surface area contributed by atoms with E-state index >= 15 is 0 Å². The zero-order valence-electron chi connectivity index (χ0n) is 9.84. The maximum Gasteiger partial charge on any atom is 0.405 e. The number of carbonyl (C=O) groups excluding carboxylic acids is 1. The summed E-state index contributed by atoms with van der Waals surface area (Å²) in [5.74, 6) is 0. The van der Waals surface area contributed by atoms with Crippen LogP contribution in [0.15, 0.2) is 0 Å². The van der Waals surface area contributed by atoms with Gasteiger partial charge in [-0.05, 0) is 6.42 Å². The van der Waals surface area contributed by atoms with Crippen LogP contribution in [0.25, 0.3) is 0 Å². The van der Waals surface area contributed by atoms with Crippen molar-refractivity contribution in [1.29, 1.82) is 0 Å². The van der Waals surface area contributed by atoms with Crippen molar-refractivity contribution in [3.63, 3.8) is 0 Å². The Morgan fingerprint density at radius 2 is 2.12 bits per heavy atom. The first-order valence-corrected chi connectivity index (χ1v) is 5.39. The van der Waals surface area contributed by atoms with Crippen molar-refractivity contribution in [3.05, 3.63) is 0 Å². The lowest BCUT2D eigenvalue weighted by Crippen LogP contribution is -2.54. The topological polar surface area (TPSA) is 52.6 Å². The van der Waals surface area contributed by atoms with E-state index < -0.39 is 30.3 Å². The van der Waals surface area contributed by atoms with E-state index in [1.54, 1.807) is 13.8 Å². The smallest absolute Gasteiger partial charge is 0.392 e. The zero-order chi connectivity index (χ0) is 13.3. The van der Waals surface area contributed by atoms with Crippen LogP contribution in [0.2, 0.25) is 0 Å². The molecule has 1 fully saturated rings. The Morgan fingerprint density at radius 3 is 2.59 bits per heavy atom. The third kappa shape index (κ3) is 4.07. The van der Waals surface area contributed by atoms with Gasteiger partial charge in [0.25, 0.3) is 0 Å². The SMILES string of the molecule is CC1(C)CN(C(=O)NCC(F)(F)F)CCC1O. The highest BCUT2D eigenvalue weighted by atomic mass is 19.4. The molecule has 1 heterocycles. The van der Waals surface area contributed by atoms with E-state index in [-0.39, 0.29) is 13.1 Å². The van der Waals surface area contributed by atoms with Crippen LogP contribution >= 0.6 is 0 Å². The van der Waals surface area contributed by atoms with Crippen LogP contribution in [-0.4, -0.2) is 48.0 Å². The largest absolute Gasteiger partial charge is 0.405 e. The molecule has 1 unspecified atom stereocenters. The number of alkyl halides is 3. The summed E-state index contributed by atoms with van der Waals surface area (Å²) in [6.07, 6.45) is -4.55. The lowest BCUT2D eigenvalue weighted by Gasteiger charge is -2.41. The monoisotopic (exact) mass is 254 g/mol. The summed E-state index contributed by atoms with van der Waals surface area (Å²) in [6, 6.07) is -0.734. The Hall–Kier alpha value is -0.980. The number of likely N-dealkylation sites (tertiary alicyclic amines) is 1. The van der Waals surface area contributed by atoms with Crippen molar-refractivity contribution >= 4 is 6.03 Å². The van der Waals surface area contributed by atoms with E-state index in [0.717, 1.165) is 0 Å². The number of amides is 2. The van der Waals surface area contributed by atoms with Gasteiger partial charge in [-0.25, -0.2) is 4.79 Å². The average Bonchev–Trinajstić information content (AvgIpc) is 2.17. The summed E-state index contributed by atoms with van der Waals surface area (Å²) in [5.41, 5.74) is -0.492. The van der Waals surface area contributed by atoms with Crippen molar-refractivity contribution < 1.29 is 23.1 Å². The van der Waals surface area contributed by atoms with E-state index in [1.165, 1.54) is 4.90 Å². The van der Waals surface area contributed by atoms with Crippen LogP contribution in [0.5, 0.6) is 0 Å². The van der Waals surface area contributed by atoms with Crippen molar-refractivity contribution in [1.82, 2.24) is 10.2 Å². The molecule has 2 N–H and O–H groups in total. The van der Waals surface area contributed by atoms with E-state index in [4.69, 9.17) is 0 Å². The lowest BCUT2D eigenvalue weighted by molar-refractivity contribution is -0.123. The molecule has 17 heavy (non-hydrogen) atoms. The van der Waals surface area contributed by atoms with Gasteiger partial charge in [-0.3, -0.25) is 0 Å². The van der Waals surface area contributed by atoms with Gasteiger partial charge in [0.1, 0.15) is 6.54 Å². The van der Waals surface area contributed by atoms with E-state index in [1.807, 2.05) is 5.32 Å². The molecule has 4 nitrogen and oxygen atoms in total. The van der Waals surface area contributed by atoms with Crippen molar-refractivity contribution in [2.24, 2.45) is 5.41 Å². The molecule has 1 saturated heterocycles. The number of urea groups is 1.